The maximum absolute atomic E-state index is 12.2. The van der Waals surface area contributed by atoms with Gasteiger partial charge in [0, 0.05) is 31.0 Å². The molecule has 0 aromatic heterocycles. The summed E-state index contributed by atoms with van der Waals surface area (Å²) in [7, 11) is 0. The second-order valence-electron chi connectivity index (χ2n) is 12.9. The molecule has 3 fully saturated rings. The summed E-state index contributed by atoms with van der Waals surface area (Å²) in [5, 5.41) is 10.3. The lowest BCUT2D eigenvalue weighted by Crippen LogP contribution is -2.51. The van der Waals surface area contributed by atoms with Gasteiger partial charge in [0.2, 0.25) is 0 Å². The highest BCUT2D eigenvalue weighted by Gasteiger charge is 2.63. The van der Waals surface area contributed by atoms with E-state index in [0.717, 1.165) is 45.1 Å². The standard InChI is InChI=1S/C29H45NO3/c1-17-6-9-25(30-16-17)18(2)27-26(33-19(3)31)15-24-22-8-7-20-14-21(32)10-12-28(20,4)23(22)11-13-29(24,27)5/h7,17-18,21-24,26-27,32H,6,8-16H2,1-5H3/t17-,18-,21+,22-,23+,24+,26-,27+,28+,29+/m1/s1. The van der Waals surface area contributed by atoms with Gasteiger partial charge in [-0.3, -0.25) is 9.79 Å². The summed E-state index contributed by atoms with van der Waals surface area (Å²) in [6, 6.07) is 0. The molecule has 1 N–H and O–H groups in total. The van der Waals surface area contributed by atoms with E-state index in [2.05, 4.69) is 33.8 Å². The average Bonchev–Trinajstić information content (AvgIpc) is 3.05. The third-order valence-electron chi connectivity index (χ3n) is 11.0. The number of hydrogen-bond acceptors (Lipinski definition) is 4. The molecule has 0 radical (unpaired) electrons. The van der Waals surface area contributed by atoms with Crippen LogP contribution in [0.5, 0.6) is 0 Å². The minimum atomic E-state index is -0.154. The number of rotatable bonds is 3. The summed E-state index contributed by atoms with van der Waals surface area (Å²) in [6.07, 6.45) is 12.3. The number of carbonyl (C=O) groups is 1. The van der Waals surface area contributed by atoms with E-state index in [1.165, 1.54) is 30.5 Å². The number of aliphatic hydroxyl groups is 1. The summed E-state index contributed by atoms with van der Waals surface area (Å²) in [4.78, 5) is 17.2. The van der Waals surface area contributed by atoms with Gasteiger partial charge in [0.1, 0.15) is 6.10 Å². The minimum absolute atomic E-state index is 0.0136. The predicted molar refractivity (Wildman–Crippen MR) is 132 cm³/mol. The van der Waals surface area contributed by atoms with Crippen molar-refractivity contribution < 1.29 is 14.6 Å². The quantitative estimate of drug-likeness (QED) is 0.421. The van der Waals surface area contributed by atoms with E-state index in [1.807, 2.05) is 0 Å². The van der Waals surface area contributed by atoms with E-state index in [9.17, 15) is 9.90 Å². The number of carbonyl (C=O) groups excluding carboxylic acids is 1. The molecule has 0 spiro atoms. The molecule has 33 heavy (non-hydrogen) atoms. The van der Waals surface area contributed by atoms with Crippen molar-refractivity contribution in [3.63, 3.8) is 0 Å². The van der Waals surface area contributed by atoms with Crippen molar-refractivity contribution in [1.82, 2.24) is 0 Å². The highest BCUT2D eigenvalue weighted by molar-refractivity contribution is 5.87. The Hall–Kier alpha value is -1.16. The van der Waals surface area contributed by atoms with Crippen LogP contribution in [0.25, 0.3) is 0 Å². The first-order valence-corrected chi connectivity index (χ1v) is 13.7. The normalized spacial score (nSPS) is 48.0. The smallest absolute Gasteiger partial charge is 0.302 e. The SMILES string of the molecule is CC(=O)O[C@@H]1C[C@H]2[C@@H]3CC=C4C[C@@H](O)CC[C@]4(C)[C@H]3CC[C@]2(C)[C@H]1[C@H](C)C1=NC[C@H](C)CC1. The number of aliphatic imine (C=N–C) groups is 1. The molecule has 10 atom stereocenters. The predicted octanol–water partition coefficient (Wildman–Crippen LogP) is 5.97. The molecular formula is C29H45NO3. The van der Waals surface area contributed by atoms with Crippen molar-refractivity contribution >= 4 is 11.7 Å². The van der Waals surface area contributed by atoms with Crippen molar-refractivity contribution in [2.24, 2.45) is 51.3 Å². The monoisotopic (exact) mass is 455 g/mol. The van der Waals surface area contributed by atoms with E-state index in [0.29, 0.717) is 35.5 Å². The summed E-state index contributed by atoms with van der Waals surface area (Å²) >= 11 is 0. The van der Waals surface area contributed by atoms with Gasteiger partial charge in [0.15, 0.2) is 0 Å². The van der Waals surface area contributed by atoms with E-state index in [1.54, 1.807) is 6.92 Å². The fourth-order valence-electron chi connectivity index (χ4n) is 9.31. The first kappa shape index (κ1) is 23.6. The van der Waals surface area contributed by atoms with Crippen LogP contribution in [0, 0.1) is 46.3 Å². The van der Waals surface area contributed by atoms with Crippen LogP contribution in [-0.2, 0) is 9.53 Å². The molecule has 3 saturated carbocycles. The maximum Gasteiger partial charge on any atom is 0.302 e. The van der Waals surface area contributed by atoms with E-state index in [4.69, 9.17) is 9.73 Å². The number of esters is 1. The van der Waals surface area contributed by atoms with Crippen LogP contribution >= 0.6 is 0 Å². The molecule has 0 saturated heterocycles. The average molecular weight is 456 g/mol. The van der Waals surface area contributed by atoms with Gasteiger partial charge in [-0.15, -0.1) is 0 Å². The van der Waals surface area contributed by atoms with Crippen molar-refractivity contribution in [3.05, 3.63) is 11.6 Å². The molecule has 4 nitrogen and oxygen atoms in total. The molecular weight excluding hydrogens is 410 g/mol. The van der Waals surface area contributed by atoms with Gasteiger partial charge in [0.05, 0.1) is 6.10 Å². The molecule has 0 bridgehead atoms. The number of fused-ring (bicyclic) bond motifs is 5. The van der Waals surface area contributed by atoms with Gasteiger partial charge < -0.3 is 9.84 Å². The number of aliphatic hydroxyl groups excluding tert-OH is 1. The van der Waals surface area contributed by atoms with Crippen molar-refractivity contribution in [1.29, 1.82) is 0 Å². The number of hydrogen-bond donors (Lipinski definition) is 1. The van der Waals surface area contributed by atoms with Gasteiger partial charge in [-0.1, -0.05) is 39.3 Å². The molecule has 184 valence electrons. The summed E-state index contributed by atoms with van der Waals surface area (Å²) < 4.78 is 6.10. The number of nitrogens with zero attached hydrogens (tertiary/aromatic N) is 1. The van der Waals surface area contributed by atoms with Crippen molar-refractivity contribution in [2.45, 2.75) is 105 Å². The second kappa shape index (κ2) is 8.50. The largest absolute Gasteiger partial charge is 0.462 e. The Labute approximate surface area is 200 Å². The molecule has 4 aliphatic carbocycles. The lowest BCUT2D eigenvalue weighted by molar-refractivity contribution is -0.149. The fourth-order valence-corrected chi connectivity index (χ4v) is 9.31. The zero-order valence-corrected chi connectivity index (χ0v) is 21.5. The van der Waals surface area contributed by atoms with Crippen molar-refractivity contribution in [2.75, 3.05) is 6.54 Å². The van der Waals surface area contributed by atoms with Gasteiger partial charge >= 0.3 is 5.97 Å². The lowest BCUT2D eigenvalue weighted by atomic mass is 9.47. The molecule has 5 rings (SSSR count). The first-order valence-electron chi connectivity index (χ1n) is 13.7. The summed E-state index contributed by atoms with van der Waals surface area (Å²) in [6.45, 7) is 12.2. The van der Waals surface area contributed by atoms with Crippen LogP contribution < -0.4 is 0 Å². The fraction of sp³-hybridized carbons (Fsp3) is 0.862. The van der Waals surface area contributed by atoms with Crippen LogP contribution in [0.2, 0.25) is 0 Å². The summed E-state index contributed by atoms with van der Waals surface area (Å²) in [5.74, 6) is 3.26. The highest BCUT2D eigenvalue weighted by atomic mass is 16.5. The zero-order valence-electron chi connectivity index (χ0n) is 21.5. The first-order chi connectivity index (χ1) is 15.6. The van der Waals surface area contributed by atoms with Crippen molar-refractivity contribution in [3.8, 4) is 0 Å². The molecule has 1 aliphatic heterocycles. The highest BCUT2D eigenvalue weighted by Crippen LogP contribution is 2.67. The topological polar surface area (TPSA) is 58.9 Å². The molecule has 5 aliphatic rings. The van der Waals surface area contributed by atoms with Gasteiger partial charge in [-0.25, -0.2) is 0 Å². The third kappa shape index (κ3) is 3.83. The Kier molecular flexibility index (Phi) is 6.07. The molecule has 0 amide bonds. The molecule has 0 aromatic carbocycles. The lowest BCUT2D eigenvalue weighted by Gasteiger charge is -2.58. The molecule has 1 heterocycles. The Morgan fingerprint density at radius 2 is 2.00 bits per heavy atom. The Morgan fingerprint density at radius 3 is 2.70 bits per heavy atom. The van der Waals surface area contributed by atoms with Crippen LogP contribution in [0.4, 0.5) is 0 Å². The van der Waals surface area contributed by atoms with Gasteiger partial charge in [-0.2, -0.15) is 0 Å². The minimum Gasteiger partial charge on any atom is -0.462 e. The number of ether oxygens (including phenoxy) is 1. The van der Waals surface area contributed by atoms with E-state index in [-0.39, 0.29) is 29.0 Å². The second-order valence-corrected chi connectivity index (χ2v) is 12.9. The third-order valence-corrected chi connectivity index (χ3v) is 11.0. The van der Waals surface area contributed by atoms with Gasteiger partial charge in [-0.05, 0) is 92.3 Å². The molecule has 0 aromatic rings. The van der Waals surface area contributed by atoms with E-state index >= 15 is 0 Å². The Bertz CT molecular complexity index is 848. The van der Waals surface area contributed by atoms with E-state index < -0.39 is 0 Å². The summed E-state index contributed by atoms with van der Waals surface area (Å²) in [5.41, 5.74) is 3.34. The van der Waals surface area contributed by atoms with Crippen LogP contribution in [0.1, 0.15) is 92.4 Å². The van der Waals surface area contributed by atoms with Gasteiger partial charge in [0.25, 0.3) is 0 Å². The zero-order chi connectivity index (χ0) is 23.5. The Balaban J connectivity index is 1.47. The Morgan fingerprint density at radius 1 is 1.21 bits per heavy atom. The van der Waals surface area contributed by atoms with Crippen LogP contribution in [0.15, 0.2) is 16.6 Å². The number of allylic oxidation sites excluding steroid dienone is 1. The molecule has 4 heteroatoms. The maximum atomic E-state index is 12.2. The van der Waals surface area contributed by atoms with Crippen LogP contribution in [0.3, 0.4) is 0 Å². The van der Waals surface area contributed by atoms with Crippen LogP contribution in [-0.4, -0.2) is 35.5 Å². The molecule has 0 unspecified atom stereocenters.